The lowest BCUT2D eigenvalue weighted by molar-refractivity contribution is -0.131. The van der Waals surface area contributed by atoms with Crippen molar-refractivity contribution in [1.29, 1.82) is 5.41 Å². The van der Waals surface area contributed by atoms with Crippen LogP contribution in [0.4, 0.5) is 0 Å². The van der Waals surface area contributed by atoms with Crippen LogP contribution in [0.1, 0.15) is 17.7 Å². The molecule has 6 nitrogen and oxygen atoms in total. The van der Waals surface area contributed by atoms with Crippen molar-refractivity contribution < 1.29 is 9.53 Å². The van der Waals surface area contributed by atoms with Crippen molar-refractivity contribution in [3.63, 3.8) is 0 Å². The van der Waals surface area contributed by atoms with Gasteiger partial charge in [-0.2, -0.15) is 0 Å². The zero-order valence-electron chi connectivity index (χ0n) is 13.5. The smallest absolute Gasteiger partial charge is 0.260 e. The molecule has 1 amide bonds. The maximum atomic E-state index is 12.9. The molecule has 0 radical (unpaired) electrons. The molecule has 1 aliphatic carbocycles. The number of likely N-dealkylation sites (N-methyl/N-ethyl adjacent to an activating group) is 1. The van der Waals surface area contributed by atoms with Crippen molar-refractivity contribution in [3.8, 4) is 16.2 Å². The third-order valence-electron chi connectivity index (χ3n) is 4.71. The van der Waals surface area contributed by atoms with Gasteiger partial charge in [-0.05, 0) is 37.0 Å². The molecule has 1 aliphatic heterocycles. The second-order valence-corrected chi connectivity index (χ2v) is 7.28. The van der Waals surface area contributed by atoms with Crippen LogP contribution in [0.2, 0.25) is 0 Å². The maximum Gasteiger partial charge on any atom is 0.260 e. The Bertz CT molecular complexity index is 830. The Hall–Kier alpha value is -2.41. The van der Waals surface area contributed by atoms with E-state index in [0.717, 1.165) is 28.2 Å². The highest BCUT2D eigenvalue weighted by molar-refractivity contribution is 7.15. The maximum absolute atomic E-state index is 12.9. The third-order valence-corrected chi connectivity index (χ3v) is 5.98. The fraction of sp³-hybridized carbons (Fsp3) is 0.353. The molecule has 1 saturated carbocycles. The normalized spacial score (nSPS) is 23.5. The van der Waals surface area contributed by atoms with Crippen LogP contribution in [-0.4, -0.2) is 35.9 Å². The molecule has 24 heavy (non-hydrogen) atoms. The van der Waals surface area contributed by atoms with Gasteiger partial charge < -0.3 is 10.1 Å². The number of guanidine groups is 1. The summed E-state index contributed by atoms with van der Waals surface area (Å²) in [5.41, 5.74) is 0.187. The first-order chi connectivity index (χ1) is 11.6. The van der Waals surface area contributed by atoms with Gasteiger partial charge in [0, 0.05) is 28.6 Å². The monoisotopic (exact) mass is 342 g/mol. The van der Waals surface area contributed by atoms with Gasteiger partial charge in [-0.25, -0.2) is 0 Å². The topological polar surface area (TPSA) is 78.3 Å². The molecule has 1 unspecified atom stereocenters. The Morgan fingerprint density at radius 3 is 2.83 bits per heavy atom. The fourth-order valence-electron chi connectivity index (χ4n) is 3.22. The molecule has 7 heteroatoms. The van der Waals surface area contributed by atoms with E-state index in [-0.39, 0.29) is 17.8 Å². The van der Waals surface area contributed by atoms with E-state index in [2.05, 4.69) is 10.3 Å². The molecule has 2 N–H and O–H groups in total. The standard InChI is InChI=1S/C17H18N4O2S/c1-21-15(22)17(11-3-4-11,20-16(21)18)14-6-5-13(24-14)10-7-12(23-2)9-19-8-10/h5-9,11H,3-4H2,1-2H3,(H2,18,20). The molecule has 0 bridgehead atoms. The van der Waals surface area contributed by atoms with Crippen molar-refractivity contribution in [2.45, 2.75) is 18.4 Å². The first-order valence-corrected chi connectivity index (χ1v) is 8.62. The number of aromatic nitrogens is 1. The van der Waals surface area contributed by atoms with Crippen LogP contribution < -0.4 is 10.1 Å². The van der Waals surface area contributed by atoms with Crippen molar-refractivity contribution in [2.24, 2.45) is 5.92 Å². The van der Waals surface area contributed by atoms with Crippen LogP contribution >= 0.6 is 11.3 Å². The Balaban J connectivity index is 1.75. The first kappa shape index (κ1) is 15.1. The second kappa shape index (κ2) is 5.31. The minimum atomic E-state index is -0.777. The highest BCUT2D eigenvalue weighted by Crippen LogP contribution is 2.51. The van der Waals surface area contributed by atoms with Gasteiger partial charge in [0.15, 0.2) is 11.5 Å². The lowest BCUT2D eigenvalue weighted by Gasteiger charge is -2.25. The molecule has 3 heterocycles. The van der Waals surface area contributed by atoms with Gasteiger partial charge in [-0.3, -0.25) is 20.1 Å². The number of hydrogen-bond acceptors (Lipinski definition) is 5. The van der Waals surface area contributed by atoms with Crippen LogP contribution in [-0.2, 0) is 10.3 Å². The van der Waals surface area contributed by atoms with Crippen molar-refractivity contribution >= 4 is 23.2 Å². The number of carbonyl (C=O) groups excluding carboxylic acids is 1. The van der Waals surface area contributed by atoms with Gasteiger partial charge in [-0.1, -0.05) is 0 Å². The van der Waals surface area contributed by atoms with Gasteiger partial charge in [0.25, 0.3) is 5.91 Å². The van der Waals surface area contributed by atoms with Crippen molar-refractivity contribution in [2.75, 3.05) is 14.2 Å². The highest BCUT2D eigenvalue weighted by atomic mass is 32.1. The summed E-state index contributed by atoms with van der Waals surface area (Å²) >= 11 is 1.58. The molecular formula is C17H18N4O2S. The number of nitrogens with one attached hydrogen (secondary N) is 2. The quantitative estimate of drug-likeness (QED) is 0.894. The molecule has 1 atom stereocenters. The third kappa shape index (κ3) is 2.11. The van der Waals surface area contributed by atoms with E-state index in [0.29, 0.717) is 5.75 Å². The number of nitrogens with zero attached hydrogens (tertiary/aromatic N) is 2. The number of ether oxygens (including phenoxy) is 1. The van der Waals surface area contributed by atoms with E-state index >= 15 is 0 Å². The number of thiophene rings is 1. The van der Waals surface area contributed by atoms with Gasteiger partial charge in [0.2, 0.25) is 0 Å². The zero-order valence-corrected chi connectivity index (χ0v) is 14.3. The van der Waals surface area contributed by atoms with Crippen molar-refractivity contribution in [3.05, 3.63) is 35.5 Å². The average molecular weight is 342 g/mol. The van der Waals surface area contributed by atoms with Crippen LogP contribution in [0.25, 0.3) is 10.4 Å². The van der Waals surface area contributed by atoms with E-state index < -0.39 is 5.54 Å². The molecule has 1 saturated heterocycles. The van der Waals surface area contributed by atoms with Gasteiger partial charge in [-0.15, -0.1) is 11.3 Å². The number of hydrogen-bond donors (Lipinski definition) is 2. The summed E-state index contributed by atoms with van der Waals surface area (Å²) in [4.78, 5) is 20.5. The summed E-state index contributed by atoms with van der Waals surface area (Å²) in [5.74, 6) is 1.10. The number of rotatable bonds is 4. The lowest BCUT2D eigenvalue weighted by atomic mass is 9.91. The summed E-state index contributed by atoms with van der Waals surface area (Å²) in [6.45, 7) is 0. The summed E-state index contributed by atoms with van der Waals surface area (Å²) in [5, 5.41) is 11.2. The molecule has 2 fully saturated rings. The van der Waals surface area contributed by atoms with E-state index in [1.807, 2.05) is 18.2 Å². The number of pyridine rings is 1. The minimum absolute atomic E-state index is 0.0350. The second-order valence-electron chi connectivity index (χ2n) is 6.20. The van der Waals surface area contributed by atoms with E-state index in [9.17, 15) is 4.79 Å². The zero-order chi connectivity index (χ0) is 16.9. The lowest BCUT2D eigenvalue weighted by Crippen LogP contribution is -2.45. The SMILES string of the molecule is COc1cncc(-c2ccc(C3(C4CC4)NC(=N)N(C)C3=O)s2)c1. The van der Waals surface area contributed by atoms with Gasteiger partial charge in [0.05, 0.1) is 13.3 Å². The van der Waals surface area contributed by atoms with Gasteiger partial charge >= 0.3 is 0 Å². The Kier molecular flexibility index (Phi) is 3.35. The minimum Gasteiger partial charge on any atom is -0.495 e. The van der Waals surface area contributed by atoms with E-state index in [1.165, 1.54) is 4.90 Å². The Morgan fingerprint density at radius 1 is 1.42 bits per heavy atom. The molecular weight excluding hydrogens is 324 g/mol. The largest absolute Gasteiger partial charge is 0.495 e. The van der Waals surface area contributed by atoms with Crippen molar-refractivity contribution in [1.82, 2.24) is 15.2 Å². The Morgan fingerprint density at radius 2 is 2.21 bits per heavy atom. The number of amides is 1. The molecule has 2 aromatic heterocycles. The molecule has 0 aromatic carbocycles. The van der Waals surface area contributed by atoms with E-state index in [4.69, 9.17) is 10.1 Å². The summed E-state index contributed by atoms with van der Waals surface area (Å²) < 4.78 is 5.24. The highest BCUT2D eigenvalue weighted by Gasteiger charge is 2.59. The van der Waals surface area contributed by atoms with Gasteiger partial charge in [0.1, 0.15) is 5.75 Å². The van der Waals surface area contributed by atoms with Crippen LogP contribution in [0.15, 0.2) is 30.6 Å². The predicted molar refractivity (Wildman–Crippen MR) is 92.1 cm³/mol. The first-order valence-electron chi connectivity index (χ1n) is 7.81. The molecule has 2 aliphatic rings. The van der Waals surface area contributed by atoms with Crippen LogP contribution in [0, 0.1) is 11.3 Å². The molecule has 4 rings (SSSR count). The average Bonchev–Trinajstić information content (AvgIpc) is 3.29. The molecule has 124 valence electrons. The predicted octanol–water partition coefficient (Wildman–Crippen LogP) is 2.42. The molecule has 0 spiro atoms. The number of carbonyl (C=O) groups is 1. The number of methoxy groups -OCH3 is 1. The molecule has 2 aromatic rings. The Labute approximate surface area is 144 Å². The fourth-order valence-corrected chi connectivity index (χ4v) is 4.43. The van der Waals surface area contributed by atoms with Crippen LogP contribution in [0.5, 0.6) is 5.75 Å². The van der Waals surface area contributed by atoms with E-state index in [1.54, 1.807) is 37.9 Å². The summed E-state index contributed by atoms with van der Waals surface area (Å²) in [7, 11) is 3.27. The summed E-state index contributed by atoms with van der Waals surface area (Å²) in [6, 6.07) is 5.94. The summed E-state index contributed by atoms with van der Waals surface area (Å²) in [6.07, 6.45) is 5.48. The van der Waals surface area contributed by atoms with Crippen LogP contribution in [0.3, 0.4) is 0 Å².